The van der Waals surface area contributed by atoms with Crippen molar-refractivity contribution in [3.05, 3.63) is 45.6 Å². The molecule has 0 saturated heterocycles. The average Bonchev–Trinajstić information content (AvgIpc) is 2.84. The summed E-state index contributed by atoms with van der Waals surface area (Å²) in [6.07, 6.45) is 0.163. The van der Waals surface area contributed by atoms with Crippen LogP contribution >= 0.6 is 11.3 Å². The first-order valence-electron chi connectivity index (χ1n) is 5.80. The lowest BCUT2D eigenvalue weighted by Gasteiger charge is -2.16. The van der Waals surface area contributed by atoms with Crippen molar-refractivity contribution in [2.24, 2.45) is 0 Å². The molecule has 2 heterocycles. The van der Waals surface area contributed by atoms with Gasteiger partial charge in [-0.2, -0.15) is 5.26 Å². The maximum Gasteiger partial charge on any atom is 0.255 e. The SMILES string of the molecule is CC(C)n1c(-c2cccs2)ccc(CC#N)c1=O. The van der Waals surface area contributed by atoms with Crippen molar-refractivity contribution in [3.63, 3.8) is 0 Å². The molecule has 18 heavy (non-hydrogen) atoms. The highest BCUT2D eigenvalue weighted by Gasteiger charge is 2.13. The number of hydrogen-bond donors (Lipinski definition) is 0. The molecule has 0 N–H and O–H groups in total. The number of aromatic nitrogens is 1. The lowest BCUT2D eigenvalue weighted by atomic mass is 10.1. The van der Waals surface area contributed by atoms with Crippen LogP contribution in [0.15, 0.2) is 34.4 Å². The summed E-state index contributed by atoms with van der Waals surface area (Å²) >= 11 is 1.61. The van der Waals surface area contributed by atoms with Crippen molar-refractivity contribution in [2.45, 2.75) is 26.3 Å². The van der Waals surface area contributed by atoms with Crippen LogP contribution in [0.4, 0.5) is 0 Å². The van der Waals surface area contributed by atoms with Crippen LogP contribution in [0.1, 0.15) is 25.5 Å². The molecule has 0 spiro atoms. The second-order valence-electron chi connectivity index (χ2n) is 4.32. The van der Waals surface area contributed by atoms with Gasteiger partial charge in [-0.15, -0.1) is 11.3 Å². The van der Waals surface area contributed by atoms with Crippen molar-refractivity contribution in [2.75, 3.05) is 0 Å². The van der Waals surface area contributed by atoms with Crippen LogP contribution in [-0.2, 0) is 6.42 Å². The van der Waals surface area contributed by atoms with Gasteiger partial charge in [-0.25, -0.2) is 0 Å². The van der Waals surface area contributed by atoms with Gasteiger partial charge < -0.3 is 4.57 Å². The largest absolute Gasteiger partial charge is 0.305 e. The fourth-order valence-electron chi connectivity index (χ4n) is 1.95. The van der Waals surface area contributed by atoms with Gasteiger partial charge in [0.15, 0.2) is 0 Å². The maximum atomic E-state index is 12.3. The normalized spacial score (nSPS) is 10.6. The number of nitriles is 1. The Morgan fingerprint density at radius 2 is 2.17 bits per heavy atom. The molecule has 0 aromatic carbocycles. The number of thiophene rings is 1. The number of hydrogen-bond acceptors (Lipinski definition) is 3. The van der Waals surface area contributed by atoms with E-state index in [0.717, 1.165) is 10.6 Å². The molecule has 0 aliphatic heterocycles. The van der Waals surface area contributed by atoms with Crippen LogP contribution in [-0.4, -0.2) is 4.57 Å². The van der Waals surface area contributed by atoms with Gasteiger partial charge in [-0.3, -0.25) is 4.79 Å². The van der Waals surface area contributed by atoms with E-state index in [4.69, 9.17) is 5.26 Å². The highest BCUT2D eigenvalue weighted by atomic mass is 32.1. The molecule has 0 radical (unpaired) electrons. The van der Waals surface area contributed by atoms with Gasteiger partial charge in [0.25, 0.3) is 5.56 Å². The summed E-state index contributed by atoms with van der Waals surface area (Å²) in [5, 5.41) is 10.7. The summed E-state index contributed by atoms with van der Waals surface area (Å²) in [5.41, 5.74) is 1.43. The van der Waals surface area contributed by atoms with Crippen LogP contribution in [0.3, 0.4) is 0 Å². The summed E-state index contributed by atoms with van der Waals surface area (Å²) in [4.78, 5) is 13.4. The summed E-state index contributed by atoms with van der Waals surface area (Å²) in [5.74, 6) is 0. The molecule has 2 aromatic rings. The van der Waals surface area contributed by atoms with E-state index >= 15 is 0 Å². The van der Waals surface area contributed by atoms with Gasteiger partial charge in [0.1, 0.15) is 0 Å². The molecule has 0 unspecified atom stereocenters. The third-order valence-electron chi connectivity index (χ3n) is 2.75. The molecular weight excluding hydrogens is 244 g/mol. The highest BCUT2D eigenvalue weighted by molar-refractivity contribution is 7.13. The Balaban J connectivity index is 2.66. The Morgan fingerprint density at radius 3 is 2.72 bits per heavy atom. The van der Waals surface area contributed by atoms with Gasteiger partial charge in [0.05, 0.1) is 23.1 Å². The van der Waals surface area contributed by atoms with Crippen molar-refractivity contribution in [3.8, 4) is 16.6 Å². The minimum Gasteiger partial charge on any atom is -0.305 e. The third kappa shape index (κ3) is 2.22. The summed E-state index contributed by atoms with van der Waals surface area (Å²) in [7, 11) is 0. The van der Waals surface area contributed by atoms with E-state index in [2.05, 4.69) is 0 Å². The van der Waals surface area contributed by atoms with Crippen molar-refractivity contribution in [1.82, 2.24) is 4.57 Å². The molecular formula is C14H14N2OS. The van der Waals surface area contributed by atoms with Gasteiger partial charge in [-0.05, 0) is 31.4 Å². The first-order chi connectivity index (χ1) is 8.65. The van der Waals surface area contributed by atoms with E-state index in [0.29, 0.717) is 5.56 Å². The molecule has 2 aromatic heterocycles. The van der Waals surface area contributed by atoms with E-state index in [-0.39, 0.29) is 18.0 Å². The quantitative estimate of drug-likeness (QED) is 0.848. The van der Waals surface area contributed by atoms with Crippen molar-refractivity contribution < 1.29 is 0 Å². The van der Waals surface area contributed by atoms with E-state index in [1.807, 2.05) is 43.5 Å². The Labute approximate surface area is 110 Å². The molecule has 0 fully saturated rings. The molecule has 0 bridgehead atoms. The van der Waals surface area contributed by atoms with Gasteiger partial charge in [0.2, 0.25) is 0 Å². The zero-order valence-electron chi connectivity index (χ0n) is 10.4. The Hall–Kier alpha value is -1.86. The van der Waals surface area contributed by atoms with E-state index in [1.54, 1.807) is 22.0 Å². The Bertz CT molecular complexity index is 633. The van der Waals surface area contributed by atoms with Gasteiger partial charge in [0, 0.05) is 11.6 Å². The number of nitrogens with zero attached hydrogens (tertiary/aromatic N) is 2. The molecule has 2 rings (SSSR count). The highest BCUT2D eigenvalue weighted by Crippen LogP contribution is 2.25. The second kappa shape index (κ2) is 5.19. The summed E-state index contributed by atoms with van der Waals surface area (Å²) in [6, 6.07) is 9.78. The molecule has 0 amide bonds. The molecule has 4 heteroatoms. The van der Waals surface area contributed by atoms with Crippen molar-refractivity contribution in [1.29, 1.82) is 5.26 Å². The van der Waals surface area contributed by atoms with E-state index < -0.39 is 0 Å². The second-order valence-corrected chi connectivity index (χ2v) is 5.27. The summed E-state index contributed by atoms with van der Waals surface area (Å²) in [6.45, 7) is 3.96. The number of pyridine rings is 1. The molecule has 92 valence electrons. The fourth-order valence-corrected chi connectivity index (χ4v) is 2.70. The molecule has 0 atom stereocenters. The van der Waals surface area contributed by atoms with Crippen LogP contribution < -0.4 is 5.56 Å². The molecule has 0 aliphatic rings. The smallest absolute Gasteiger partial charge is 0.255 e. The van der Waals surface area contributed by atoms with Crippen LogP contribution in [0.5, 0.6) is 0 Å². The minimum absolute atomic E-state index is 0.0579. The van der Waals surface area contributed by atoms with E-state index in [9.17, 15) is 4.79 Å². The topological polar surface area (TPSA) is 45.8 Å². The lowest BCUT2D eigenvalue weighted by molar-refractivity contribution is 0.582. The Morgan fingerprint density at radius 1 is 1.39 bits per heavy atom. The summed E-state index contributed by atoms with van der Waals surface area (Å²) < 4.78 is 1.76. The fraction of sp³-hybridized carbons (Fsp3) is 0.286. The zero-order chi connectivity index (χ0) is 13.1. The standard InChI is InChI=1S/C14H14N2OS/c1-10(2)16-12(13-4-3-9-18-13)6-5-11(7-8-15)14(16)17/h3-6,9-10H,7H2,1-2H3. The molecule has 3 nitrogen and oxygen atoms in total. The van der Waals surface area contributed by atoms with Crippen LogP contribution in [0.2, 0.25) is 0 Å². The van der Waals surface area contributed by atoms with Crippen LogP contribution in [0.25, 0.3) is 10.6 Å². The predicted octanol–water partition coefficient (Wildman–Crippen LogP) is 3.22. The zero-order valence-corrected chi connectivity index (χ0v) is 11.2. The lowest BCUT2D eigenvalue weighted by Crippen LogP contribution is -2.26. The van der Waals surface area contributed by atoms with Gasteiger partial charge >= 0.3 is 0 Å². The maximum absolute atomic E-state index is 12.3. The minimum atomic E-state index is -0.0579. The van der Waals surface area contributed by atoms with Crippen molar-refractivity contribution >= 4 is 11.3 Å². The average molecular weight is 258 g/mol. The first-order valence-corrected chi connectivity index (χ1v) is 6.68. The van der Waals surface area contributed by atoms with E-state index in [1.165, 1.54) is 0 Å². The first kappa shape index (κ1) is 12.6. The monoisotopic (exact) mass is 258 g/mol. The predicted molar refractivity (Wildman–Crippen MR) is 73.7 cm³/mol. The Kier molecular flexibility index (Phi) is 3.63. The molecule has 0 saturated carbocycles. The number of rotatable bonds is 3. The third-order valence-corrected chi connectivity index (χ3v) is 3.65. The van der Waals surface area contributed by atoms with Gasteiger partial charge in [-0.1, -0.05) is 12.1 Å². The molecule has 0 aliphatic carbocycles. The van der Waals surface area contributed by atoms with Crippen LogP contribution in [0, 0.1) is 11.3 Å².